The van der Waals surface area contributed by atoms with Gasteiger partial charge in [-0.05, 0) is 72.6 Å². The summed E-state index contributed by atoms with van der Waals surface area (Å²) in [5, 5.41) is 26.4. The minimum Gasteiger partial charge on any atom is -0.457 e. The SMILES string of the molecule is CC(C(O)c1ccccc1)N(C)CC1CC(c2ccc(CO)cc2)OC(c2ccc(CNC(=O)Nc3ccc(Oc4ccccc4)cc3)cc2)O1. The first-order chi connectivity index (χ1) is 24.8. The Hall–Kier alpha value is -5.03. The number of likely N-dealkylation sites (N-methyl/N-ethyl adjacent to an activating group) is 1. The second-order valence-electron chi connectivity index (χ2n) is 12.9. The van der Waals surface area contributed by atoms with E-state index in [2.05, 4.69) is 15.5 Å². The van der Waals surface area contributed by atoms with Crippen LogP contribution in [0.2, 0.25) is 0 Å². The zero-order chi connectivity index (χ0) is 35.6. The summed E-state index contributed by atoms with van der Waals surface area (Å²) in [4.78, 5) is 14.8. The number of para-hydroxylation sites is 1. The molecule has 9 nitrogen and oxygen atoms in total. The van der Waals surface area contributed by atoms with E-state index >= 15 is 0 Å². The Balaban J connectivity index is 1.06. The second-order valence-corrected chi connectivity index (χ2v) is 12.9. The Morgan fingerprint density at radius 2 is 1.41 bits per heavy atom. The van der Waals surface area contributed by atoms with E-state index in [0.717, 1.165) is 33.6 Å². The van der Waals surface area contributed by atoms with Crippen LogP contribution in [0, 0.1) is 0 Å². The Morgan fingerprint density at radius 3 is 2.08 bits per heavy atom. The van der Waals surface area contributed by atoms with E-state index in [0.29, 0.717) is 30.9 Å². The highest BCUT2D eigenvalue weighted by molar-refractivity contribution is 5.89. The van der Waals surface area contributed by atoms with Crippen LogP contribution in [0.5, 0.6) is 11.5 Å². The average molecular weight is 688 g/mol. The Bertz CT molecular complexity index is 1800. The molecule has 6 rings (SSSR count). The van der Waals surface area contributed by atoms with Crippen molar-refractivity contribution in [1.29, 1.82) is 0 Å². The van der Waals surface area contributed by atoms with E-state index in [1.54, 1.807) is 12.1 Å². The van der Waals surface area contributed by atoms with Crippen molar-refractivity contribution in [2.24, 2.45) is 0 Å². The molecule has 0 spiro atoms. The van der Waals surface area contributed by atoms with Crippen LogP contribution in [0.4, 0.5) is 10.5 Å². The van der Waals surface area contributed by atoms with Crippen LogP contribution < -0.4 is 15.4 Å². The number of urea groups is 1. The number of hydrogen-bond donors (Lipinski definition) is 4. The predicted octanol–water partition coefficient (Wildman–Crippen LogP) is 7.89. The zero-order valence-corrected chi connectivity index (χ0v) is 28.9. The molecule has 1 heterocycles. The van der Waals surface area contributed by atoms with Crippen molar-refractivity contribution in [2.45, 2.75) is 57.1 Å². The van der Waals surface area contributed by atoms with E-state index in [1.165, 1.54) is 0 Å². The first-order valence-electron chi connectivity index (χ1n) is 17.2. The van der Waals surface area contributed by atoms with Crippen molar-refractivity contribution in [2.75, 3.05) is 18.9 Å². The van der Waals surface area contributed by atoms with Crippen molar-refractivity contribution in [1.82, 2.24) is 10.2 Å². The highest BCUT2D eigenvalue weighted by Crippen LogP contribution is 2.38. The number of aliphatic hydroxyl groups excluding tert-OH is 2. The molecular weight excluding hydrogens is 642 g/mol. The van der Waals surface area contributed by atoms with Gasteiger partial charge in [-0.2, -0.15) is 0 Å². The Kier molecular flexibility index (Phi) is 12.1. The third-order valence-electron chi connectivity index (χ3n) is 9.20. The van der Waals surface area contributed by atoms with Crippen LogP contribution in [0.1, 0.15) is 59.7 Å². The standard InChI is InChI=1S/C42H45N3O6/c1-29(40(47)33-9-5-3-6-10-33)45(2)27-38-25-39(32-17-15-31(28-46)16-18-32)51-41(50-38)34-19-13-30(14-20-34)26-43-42(48)44-35-21-23-37(24-22-35)49-36-11-7-4-8-12-36/h3-24,29,38-41,46-47H,25-28H2,1-2H3,(H2,43,44,48). The third kappa shape index (κ3) is 9.82. The van der Waals surface area contributed by atoms with Gasteiger partial charge in [0.25, 0.3) is 0 Å². The largest absolute Gasteiger partial charge is 0.457 e. The van der Waals surface area contributed by atoms with Crippen LogP contribution in [-0.2, 0) is 22.6 Å². The molecule has 1 saturated heterocycles. The third-order valence-corrected chi connectivity index (χ3v) is 9.20. The van der Waals surface area contributed by atoms with Crippen LogP contribution in [0.3, 0.4) is 0 Å². The zero-order valence-electron chi connectivity index (χ0n) is 28.9. The van der Waals surface area contributed by atoms with E-state index in [9.17, 15) is 15.0 Å². The number of nitrogens with zero attached hydrogens (tertiary/aromatic N) is 1. The highest BCUT2D eigenvalue weighted by Gasteiger charge is 2.34. The van der Waals surface area contributed by atoms with Gasteiger partial charge >= 0.3 is 6.03 Å². The monoisotopic (exact) mass is 687 g/mol. The van der Waals surface area contributed by atoms with Gasteiger partial charge in [0.15, 0.2) is 6.29 Å². The molecule has 2 amide bonds. The van der Waals surface area contributed by atoms with Crippen molar-refractivity contribution in [3.63, 3.8) is 0 Å². The highest BCUT2D eigenvalue weighted by atomic mass is 16.7. The molecule has 1 fully saturated rings. The van der Waals surface area contributed by atoms with Gasteiger partial charge in [0.05, 0.1) is 24.9 Å². The van der Waals surface area contributed by atoms with Crippen molar-refractivity contribution < 1.29 is 29.2 Å². The first-order valence-corrected chi connectivity index (χ1v) is 17.2. The minimum absolute atomic E-state index is 0.0207. The van der Waals surface area contributed by atoms with Gasteiger partial charge in [-0.15, -0.1) is 0 Å². The van der Waals surface area contributed by atoms with Crippen molar-refractivity contribution in [3.8, 4) is 11.5 Å². The Morgan fingerprint density at radius 1 is 0.804 bits per heavy atom. The summed E-state index contributed by atoms with van der Waals surface area (Å²) in [6.07, 6.45) is -1.03. The summed E-state index contributed by atoms with van der Waals surface area (Å²) in [6, 6.07) is 41.6. The Labute approximate surface area is 299 Å². The van der Waals surface area contributed by atoms with E-state index in [-0.39, 0.29) is 30.9 Å². The number of carbonyl (C=O) groups excluding carboxylic acids is 1. The summed E-state index contributed by atoms with van der Waals surface area (Å²) >= 11 is 0. The fourth-order valence-electron chi connectivity index (χ4n) is 6.07. The molecule has 0 saturated carbocycles. The molecule has 5 aromatic carbocycles. The molecule has 5 unspecified atom stereocenters. The summed E-state index contributed by atoms with van der Waals surface area (Å²) in [5.41, 5.74) is 5.16. The second kappa shape index (κ2) is 17.3. The number of amides is 2. The maximum atomic E-state index is 12.7. The number of benzene rings is 5. The first kappa shape index (κ1) is 35.8. The number of hydrogen-bond acceptors (Lipinski definition) is 7. The van der Waals surface area contributed by atoms with Crippen LogP contribution >= 0.6 is 0 Å². The molecule has 5 atom stereocenters. The molecule has 4 N–H and O–H groups in total. The van der Waals surface area contributed by atoms with E-state index < -0.39 is 12.4 Å². The van der Waals surface area contributed by atoms with Crippen molar-refractivity contribution >= 4 is 11.7 Å². The van der Waals surface area contributed by atoms with Gasteiger partial charge in [0.2, 0.25) is 0 Å². The van der Waals surface area contributed by atoms with Gasteiger partial charge in [-0.3, -0.25) is 4.90 Å². The molecule has 1 aliphatic rings. The number of ether oxygens (including phenoxy) is 3. The quantitative estimate of drug-likeness (QED) is 0.0996. The summed E-state index contributed by atoms with van der Waals surface area (Å²) in [6.45, 7) is 2.93. The normalized spacial score (nSPS) is 18.5. The molecule has 264 valence electrons. The fourth-order valence-corrected chi connectivity index (χ4v) is 6.07. The summed E-state index contributed by atoms with van der Waals surface area (Å²) < 4.78 is 18.9. The van der Waals surface area contributed by atoms with Gasteiger partial charge in [-0.25, -0.2) is 4.79 Å². The van der Waals surface area contributed by atoms with Gasteiger partial charge < -0.3 is 35.1 Å². The van der Waals surface area contributed by atoms with Crippen LogP contribution in [0.15, 0.2) is 133 Å². The maximum absolute atomic E-state index is 12.7. The van der Waals surface area contributed by atoms with Crippen LogP contribution in [-0.4, -0.2) is 46.9 Å². The number of carbonyl (C=O) groups is 1. The maximum Gasteiger partial charge on any atom is 0.319 e. The smallest absolute Gasteiger partial charge is 0.319 e. The lowest BCUT2D eigenvalue weighted by Crippen LogP contribution is -2.43. The lowest BCUT2D eigenvalue weighted by Gasteiger charge is -2.39. The molecule has 0 aromatic heterocycles. The number of nitrogens with one attached hydrogen (secondary N) is 2. The average Bonchev–Trinajstić information content (AvgIpc) is 3.18. The topological polar surface area (TPSA) is 113 Å². The molecule has 0 bridgehead atoms. The predicted molar refractivity (Wildman–Crippen MR) is 197 cm³/mol. The lowest BCUT2D eigenvalue weighted by atomic mass is 9.98. The van der Waals surface area contributed by atoms with E-state index in [4.69, 9.17) is 14.2 Å². The molecule has 5 aromatic rings. The molecule has 1 aliphatic heterocycles. The molecule has 0 aliphatic carbocycles. The minimum atomic E-state index is -0.642. The number of anilines is 1. The van der Waals surface area contributed by atoms with Crippen molar-refractivity contribution in [3.05, 3.63) is 161 Å². The van der Waals surface area contributed by atoms with Crippen LogP contribution in [0.25, 0.3) is 0 Å². The van der Waals surface area contributed by atoms with Gasteiger partial charge in [-0.1, -0.05) is 97.1 Å². The molecule has 0 radical (unpaired) electrons. The number of rotatable bonds is 13. The fraction of sp³-hybridized carbons (Fsp3) is 0.262. The van der Waals surface area contributed by atoms with Gasteiger partial charge in [0.1, 0.15) is 11.5 Å². The molecule has 9 heteroatoms. The lowest BCUT2D eigenvalue weighted by molar-refractivity contribution is -0.253. The van der Waals surface area contributed by atoms with Gasteiger partial charge in [0, 0.05) is 36.8 Å². The molecule has 51 heavy (non-hydrogen) atoms. The van der Waals surface area contributed by atoms with E-state index in [1.807, 2.05) is 135 Å². The summed E-state index contributed by atoms with van der Waals surface area (Å²) in [7, 11) is 2.00. The number of aliphatic hydroxyl groups is 2. The molecular formula is C42H45N3O6. The summed E-state index contributed by atoms with van der Waals surface area (Å²) in [5.74, 6) is 1.42.